The summed E-state index contributed by atoms with van der Waals surface area (Å²) in [5, 5.41) is 16.3. The lowest BCUT2D eigenvalue weighted by atomic mass is 10.1. The molecule has 0 unspecified atom stereocenters. The Kier molecular flexibility index (Phi) is 2.29. The first-order chi connectivity index (χ1) is 7.24. The van der Waals surface area contributed by atoms with Crippen molar-refractivity contribution in [3.8, 4) is 0 Å². The molecule has 2 rings (SSSR count). The van der Waals surface area contributed by atoms with Crippen molar-refractivity contribution in [3.05, 3.63) is 23.8 Å². The van der Waals surface area contributed by atoms with Crippen molar-refractivity contribution < 1.29 is 14.4 Å². The van der Waals surface area contributed by atoms with E-state index in [2.05, 4.69) is 10.5 Å². The Morgan fingerprint density at radius 2 is 2.40 bits per heavy atom. The third-order valence-electron chi connectivity index (χ3n) is 2.07. The molecule has 2 aromatic rings. The van der Waals surface area contributed by atoms with Crippen LogP contribution in [0, 0.1) is 0 Å². The zero-order valence-corrected chi connectivity index (χ0v) is 8.15. The minimum absolute atomic E-state index is 0.199. The zero-order chi connectivity index (χ0) is 10.8. The summed E-state index contributed by atoms with van der Waals surface area (Å²) in [6.45, 7) is 2.57. The highest BCUT2D eigenvalue weighted by Gasteiger charge is 2.15. The van der Waals surface area contributed by atoms with Crippen LogP contribution in [0.4, 0.5) is 5.82 Å². The maximum absolute atomic E-state index is 11.0. The Morgan fingerprint density at radius 1 is 1.60 bits per heavy atom. The number of anilines is 1. The molecule has 0 aliphatic rings. The van der Waals surface area contributed by atoms with Crippen molar-refractivity contribution in [2.45, 2.75) is 6.92 Å². The van der Waals surface area contributed by atoms with Gasteiger partial charge in [0.1, 0.15) is 0 Å². The van der Waals surface area contributed by atoms with E-state index in [0.29, 0.717) is 23.3 Å². The molecule has 5 heteroatoms. The second-order valence-corrected chi connectivity index (χ2v) is 3.05. The fourth-order valence-corrected chi connectivity index (χ4v) is 1.46. The van der Waals surface area contributed by atoms with Crippen LogP contribution in [0.2, 0.25) is 0 Å². The van der Waals surface area contributed by atoms with Gasteiger partial charge in [-0.3, -0.25) is 0 Å². The van der Waals surface area contributed by atoms with Crippen molar-refractivity contribution in [2.75, 3.05) is 11.9 Å². The Balaban J connectivity index is 2.69. The summed E-state index contributed by atoms with van der Waals surface area (Å²) in [4.78, 5) is 11.0. The van der Waals surface area contributed by atoms with E-state index >= 15 is 0 Å². The van der Waals surface area contributed by atoms with E-state index in [1.807, 2.05) is 6.92 Å². The molecule has 0 amide bonds. The third-order valence-corrected chi connectivity index (χ3v) is 2.07. The number of nitrogens with zero attached hydrogens (tertiary/aromatic N) is 1. The predicted molar refractivity (Wildman–Crippen MR) is 55.1 cm³/mol. The molecule has 0 aliphatic carbocycles. The molecular formula is C10H10N2O3. The van der Waals surface area contributed by atoms with E-state index in [-0.39, 0.29) is 5.56 Å². The maximum atomic E-state index is 11.0. The topological polar surface area (TPSA) is 75.4 Å². The molecule has 2 N–H and O–H groups in total. The quantitative estimate of drug-likeness (QED) is 0.802. The van der Waals surface area contributed by atoms with Crippen LogP contribution in [0.15, 0.2) is 22.7 Å². The average molecular weight is 206 g/mol. The molecule has 0 radical (unpaired) electrons. The lowest BCUT2D eigenvalue weighted by Crippen LogP contribution is -2.01. The minimum Gasteiger partial charge on any atom is -0.478 e. The van der Waals surface area contributed by atoms with Gasteiger partial charge < -0.3 is 14.9 Å². The molecule has 0 bridgehead atoms. The number of carbonyl (C=O) groups is 1. The first kappa shape index (κ1) is 9.51. The van der Waals surface area contributed by atoms with E-state index in [9.17, 15) is 4.79 Å². The minimum atomic E-state index is -0.983. The predicted octanol–water partition coefficient (Wildman–Crippen LogP) is 1.96. The van der Waals surface area contributed by atoms with E-state index in [0.717, 1.165) is 0 Å². The summed E-state index contributed by atoms with van der Waals surface area (Å²) < 4.78 is 5.02. The summed E-state index contributed by atoms with van der Waals surface area (Å²) in [7, 11) is 0. The van der Waals surface area contributed by atoms with E-state index in [1.54, 1.807) is 12.1 Å². The first-order valence-electron chi connectivity index (χ1n) is 4.59. The number of aromatic nitrogens is 1. The van der Waals surface area contributed by atoms with Gasteiger partial charge >= 0.3 is 5.97 Å². The number of hydrogen-bond acceptors (Lipinski definition) is 4. The Bertz CT molecular complexity index is 504. The molecule has 0 fully saturated rings. The molecule has 1 heterocycles. The molecule has 5 nitrogen and oxygen atoms in total. The number of carboxylic acid groups (broad SMARTS) is 1. The summed E-state index contributed by atoms with van der Waals surface area (Å²) in [5.41, 5.74) is 0.676. The molecule has 0 saturated carbocycles. The summed E-state index contributed by atoms with van der Waals surface area (Å²) >= 11 is 0. The van der Waals surface area contributed by atoms with Gasteiger partial charge in [0.25, 0.3) is 0 Å². The van der Waals surface area contributed by atoms with E-state index in [1.165, 1.54) is 6.07 Å². The Morgan fingerprint density at radius 3 is 3.07 bits per heavy atom. The lowest BCUT2D eigenvalue weighted by molar-refractivity contribution is 0.0699. The first-order valence-corrected chi connectivity index (χ1v) is 4.59. The number of hydrogen-bond donors (Lipinski definition) is 2. The van der Waals surface area contributed by atoms with Crippen molar-refractivity contribution in [1.29, 1.82) is 0 Å². The number of benzene rings is 1. The van der Waals surface area contributed by atoms with Crippen LogP contribution in [-0.4, -0.2) is 22.8 Å². The lowest BCUT2D eigenvalue weighted by Gasteiger charge is -1.99. The van der Waals surface area contributed by atoms with Gasteiger partial charge in [-0.15, -0.1) is 0 Å². The monoisotopic (exact) mass is 206 g/mol. The second-order valence-electron chi connectivity index (χ2n) is 3.05. The summed E-state index contributed by atoms with van der Waals surface area (Å²) in [6, 6.07) is 4.85. The van der Waals surface area contributed by atoms with Crippen LogP contribution < -0.4 is 5.32 Å². The van der Waals surface area contributed by atoms with Crippen LogP contribution in [0.25, 0.3) is 11.0 Å². The fourth-order valence-electron chi connectivity index (χ4n) is 1.46. The average Bonchev–Trinajstić information content (AvgIpc) is 2.62. The zero-order valence-electron chi connectivity index (χ0n) is 8.15. The molecule has 1 aromatic carbocycles. The Hall–Kier alpha value is -2.04. The standard InChI is InChI=1S/C10H10N2O3/c1-2-11-9-8-6(10(13)14)4-3-5-7(8)15-12-9/h3-5H,2H2,1H3,(H,11,12)(H,13,14). The molecule has 78 valence electrons. The van der Waals surface area contributed by atoms with Gasteiger partial charge in [0, 0.05) is 6.54 Å². The second kappa shape index (κ2) is 3.61. The van der Waals surface area contributed by atoms with Crippen molar-refractivity contribution in [3.63, 3.8) is 0 Å². The Labute approximate surface area is 85.7 Å². The van der Waals surface area contributed by atoms with Gasteiger partial charge in [0.05, 0.1) is 10.9 Å². The van der Waals surface area contributed by atoms with Crippen LogP contribution >= 0.6 is 0 Å². The highest BCUT2D eigenvalue weighted by Crippen LogP contribution is 2.26. The summed E-state index contributed by atoms with van der Waals surface area (Å²) in [6.07, 6.45) is 0. The van der Waals surface area contributed by atoms with Crippen LogP contribution in [0.1, 0.15) is 17.3 Å². The van der Waals surface area contributed by atoms with Gasteiger partial charge in [-0.1, -0.05) is 11.2 Å². The number of aromatic carboxylic acids is 1. The van der Waals surface area contributed by atoms with Crippen LogP contribution in [0.5, 0.6) is 0 Å². The van der Waals surface area contributed by atoms with Gasteiger partial charge in [-0.25, -0.2) is 4.79 Å². The van der Waals surface area contributed by atoms with Crippen LogP contribution in [-0.2, 0) is 0 Å². The highest BCUT2D eigenvalue weighted by atomic mass is 16.5. The van der Waals surface area contributed by atoms with Crippen molar-refractivity contribution in [1.82, 2.24) is 5.16 Å². The number of rotatable bonds is 3. The number of fused-ring (bicyclic) bond motifs is 1. The number of carboxylic acids is 1. The molecule has 0 aliphatic heterocycles. The van der Waals surface area contributed by atoms with Crippen molar-refractivity contribution >= 4 is 22.8 Å². The molecule has 0 spiro atoms. The number of nitrogens with one attached hydrogen (secondary N) is 1. The van der Waals surface area contributed by atoms with Gasteiger partial charge in [-0.05, 0) is 19.1 Å². The third kappa shape index (κ3) is 1.52. The van der Waals surface area contributed by atoms with Crippen molar-refractivity contribution in [2.24, 2.45) is 0 Å². The normalized spacial score (nSPS) is 10.5. The smallest absolute Gasteiger partial charge is 0.336 e. The molecule has 1 aromatic heterocycles. The fraction of sp³-hybridized carbons (Fsp3) is 0.200. The van der Waals surface area contributed by atoms with E-state index < -0.39 is 5.97 Å². The van der Waals surface area contributed by atoms with Gasteiger partial charge in [0.2, 0.25) is 0 Å². The summed E-state index contributed by atoms with van der Waals surface area (Å²) in [5.74, 6) is -0.506. The largest absolute Gasteiger partial charge is 0.478 e. The van der Waals surface area contributed by atoms with Gasteiger partial charge in [0.15, 0.2) is 11.4 Å². The molecule has 15 heavy (non-hydrogen) atoms. The maximum Gasteiger partial charge on any atom is 0.336 e. The van der Waals surface area contributed by atoms with Gasteiger partial charge in [-0.2, -0.15) is 0 Å². The molecular weight excluding hydrogens is 196 g/mol. The molecule has 0 saturated heterocycles. The molecule has 0 atom stereocenters. The van der Waals surface area contributed by atoms with Crippen LogP contribution in [0.3, 0.4) is 0 Å². The van der Waals surface area contributed by atoms with E-state index in [4.69, 9.17) is 9.63 Å². The highest BCUT2D eigenvalue weighted by molar-refractivity contribution is 6.06. The SMILES string of the molecule is CCNc1noc2cccc(C(=O)O)c12.